The summed E-state index contributed by atoms with van der Waals surface area (Å²) in [5.41, 5.74) is 3.09. The van der Waals surface area contributed by atoms with Crippen molar-refractivity contribution in [2.45, 2.75) is 20.4 Å². The van der Waals surface area contributed by atoms with Crippen LogP contribution in [0.1, 0.15) is 29.8 Å². The van der Waals surface area contributed by atoms with Crippen LogP contribution < -0.4 is 14.9 Å². The number of amides is 1. The van der Waals surface area contributed by atoms with Crippen LogP contribution in [0.3, 0.4) is 0 Å². The molecule has 0 bridgehead atoms. The van der Waals surface area contributed by atoms with Crippen molar-refractivity contribution in [3.05, 3.63) is 59.7 Å². The topological polar surface area (TPSA) is 78.5 Å². The number of carbonyl (C=O) groups excluding carboxylic acids is 1. The van der Waals surface area contributed by atoms with E-state index >= 15 is 0 Å². The predicted molar refractivity (Wildman–Crippen MR) is 106 cm³/mol. The zero-order chi connectivity index (χ0) is 19.2. The van der Waals surface area contributed by atoms with Crippen molar-refractivity contribution in [2.24, 2.45) is 0 Å². The Labute approximate surface area is 155 Å². The van der Waals surface area contributed by atoms with Crippen molar-refractivity contribution >= 4 is 27.3 Å². The van der Waals surface area contributed by atoms with Gasteiger partial charge in [0.25, 0.3) is 5.91 Å². The minimum Gasteiger partial charge on any atom is -0.372 e. The molecule has 2 rings (SSSR count). The lowest BCUT2D eigenvalue weighted by Gasteiger charge is -2.21. The summed E-state index contributed by atoms with van der Waals surface area (Å²) in [6.45, 7) is 6.58. The highest BCUT2D eigenvalue weighted by Gasteiger charge is 2.07. The van der Waals surface area contributed by atoms with Crippen LogP contribution in [0, 0.1) is 0 Å². The van der Waals surface area contributed by atoms with Gasteiger partial charge in [0.1, 0.15) is 0 Å². The average molecular weight is 375 g/mol. The first-order chi connectivity index (χ1) is 12.3. The smallest absolute Gasteiger partial charge is 0.251 e. The van der Waals surface area contributed by atoms with Gasteiger partial charge in [-0.25, -0.2) is 8.42 Å². The van der Waals surface area contributed by atoms with Crippen LogP contribution in [-0.4, -0.2) is 33.7 Å². The van der Waals surface area contributed by atoms with Crippen molar-refractivity contribution in [3.63, 3.8) is 0 Å². The number of nitrogens with one attached hydrogen (secondary N) is 2. The maximum Gasteiger partial charge on any atom is 0.251 e. The van der Waals surface area contributed by atoms with E-state index in [0.717, 1.165) is 24.9 Å². The molecule has 0 aromatic heterocycles. The van der Waals surface area contributed by atoms with E-state index in [4.69, 9.17) is 0 Å². The largest absolute Gasteiger partial charge is 0.372 e. The van der Waals surface area contributed by atoms with Gasteiger partial charge in [0.15, 0.2) is 0 Å². The normalized spacial score (nSPS) is 11.0. The molecule has 0 saturated heterocycles. The first-order valence-electron chi connectivity index (χ1n) is 8.52. The highest BCUT2D eigenvalue weighted by atomic mass is 32.2. The van der Waals surface area contributed by atoms with E-state index in [0.29, 0.717) is 17.8 Å². The van der Waals surface area contributed by atoms with Gasteiger partial charge >= 0.3 is 0 Å². The Morgan fingerprint density at radius 1 is 0.962 bits per heavy atom. The van der Waals surface area contributed by atoms with E-state index in [-0.39, 0.29) is 5.91 Å². The molecule has 6 nitrogen and oxygen atoms in total. The first kappa shape index (κ1) is 19.8. The van der Waals surface area contributed by atoms with Crippen LogP contribution in [-0.2, 0) is 16.6 Å². The summed E-state index contributed by atoms with van der Waals surface area (Å²) in [7, 11) is -3.32. The molecule has 0 radical (unpaired) electrons. The number of hydrogen-bond acceptors (Lipinski definition) is 4. The number of hydrogen-bond donors (Lipinski definition) is 2. The summed E-state index contributed by atoms with van der Waals surface area (Å²) in [4.78, 5) is 14.5. The van der Waals surface area contributed by atoms with Gasteiger partial charge in [0.2, 0.25) is 10.0 Å². The predicted octanol–water partition coefficient (Wildman–Crippen LogP) is 2.83. The SMILES string of the molecule is CCN(CC)c1ccc(CNC(=O)c2ccc(NS(C)(=O)=O)cc2)cc1. The average Bonchev–Trinajstić information content (AvgIpc) is 2.61. The van der Waals surface area contributed by atoms with Gasteiger partial charge in [-0.1, -0.05) is 12.1 Å². The monoisotopic (exact) mass is 375 g/mol. The zero-order valence-corrected chi connectivity index (χ0v) is 16.1. The third kappa shape index (κ3) is 5.77. The lowest BCUT2D eigenvalue weighted by Crippen LogP contribution is -2.23. The summed E-state index contributed by atoms with van der Waals surface area (Å²) < 4.78 is 24.7. The molecule has 2 aromatic carbocycles. The number of sulfonamides is 1. The van der Waals surface area contributed by atoms with Crippen molar-refractivity contribution in [1.29, 1.82) is 0 Å². The van der Waals surface area contributed by atoms with Crippen LogP contribution >= 0.6 is 0 Å². The van der Waals surface area contributed by atoms with Gasteiger partial charge in [-0.3, -0.25) is 9.52 Å². The number of carbonyl (C=O) groups is 1. The Kier molecular flexibility index (Phi) is 6.63. The van der Waals surface area contributed by atoms with Gasteiger partial charge in [-0.05, 0) is 55.8 Å². The highest BCUT2D eigenvalue weighted by Crippen LogP contribution is 2.15. The molecule has 0 heterocycles. The lowest BCUT2D eigenvalue weighted by molar-refractivity contribution is 0.0951. The molecular formula is C19H25N3O3S. The van der Waals surface area contributed by atoms with Crippen molar-refractivity contribution in [3.8, 4) is 0 Å². The molecule has 0 spiro atoms. The van der Waals surface area contributed by atoms with Crippen molar-refractivity contribution in [1.82, 2.24) is 5.32 Å². The number of rotatable bonds is 8. The third-order valence-electron chi connectivity index (χ3n) is 3.97. The summed E-state index contributed by atoms with van der Waals surface area (Å²) in [5.74, 6) is -0.205. The summed E-state index contributed by atoms with van der Waals surface area (Å²) in [5, 5.41) is 2.87. The Bertz CT molecular complexity index is 827. The number of anilines is 2. The molecule has 1 amide bonds. The van der Waals surface area contributed by atoms with Gasteiger partial charge in [0, 0.05) is 36.6 Å². The van der Waals surface area contributed by atoms with Crippen LogP contribution in [0.25, 0.3) is 0 Å². The van der Waals surface area contributed by atoms with Crippen LogP contribution in [0.4, 0.5) is 11.4 Å². The molecule has 0 fully saturated rings. The first-order valence-corrected chi connectivity index (χ1v) is 10.4. The summed E-state index contributed by atoms with van der Waals surface area (Å²) in [6.07, 6.45) is 1.08. The molecule has 26 heavy (non-hydrogen) atoms. The fourth-order valence-corrected chi connectivity index (χ4v) is 3.17. The molecule has 2 aromatic rings. The number of benzene rings is 2. The Morgan fingerprint density at radius 3 is 2.04 bits per heavy atom. The molecule has 0 aliphatic heterocycles. The standard InChI is InChI=1S/C19H25N3O3S/c1-4-22(5-2)18-12-6-15(7-13-18)14-20-19(23)16-8-10-17(11-9-16)21-26(3,24)25/h6-13,21H,4-5,14H2,1-3H3,(H,20,23). The lowest BCUT2D eigenvalue weighted by atomic mass is 10.1. The second kappa shape index (κ2) is 8.71. The van der Waals surface area contributed by atoms with E-state index < -0.39 is 10.0 Å². The molecule has 7 heteroatoms. The number of nitrogens with zero attached hydrogens (tertiary/aromatic N) is 1. The maximum atomic E-state index is 12.2. The minimum atomic E-state index is -3.32. The maximum absolute atomic E-state index is 12.2. The fraction of sp³-hybridized carbons (Fsp3) is 0.316. The highest BCUT2D eigenvalue weighted by molar-refractivity contribution is 7.92. The van der Waals surface area contributed by atoms with Gasteiger partial charge in [-0.15, -0.1) is 0 Å². The second-order valence-corrected chi connectivity index (χ2v) is 7.72. The molecule has 0 atom stereocenters. The molecule has 140 valence electrons. The van der Waals surface area contributed by atoms with E-state index in [1.807, 2.05) is 12.1 Å². The molecule has 0 saturated carbocycles. The quantitative estimate of drug-likeness (QED) is 0.744. The summed E-state index contributed by atoms with van der Waals surface area (Å²) >= 11 is 0. The van der Waals surface area contributed by atoms with Crippen molar-refractivity contribution in [2.75, 3.05) is 29.0 Å². The third-order valence-corrected chi connectivity index (χ3v) is 4.57. The van der Waals surface area contributed by atoms with Crippen LogP contribution in [0.15, 0.2) is 48.5 Å². The summed E-state index contributed by atoms with van der Waals surface area (Å²) in [6, 6.07) is 14.4. The molecule has 0 aliphatic rings. The van der Waals surface area contributed by atoms with E-state index in [2.05, 4.69) is 40.9 Å². The fourth-order valence-electron chi connectivity index (χ4n) is 2.60. The van der Waals surface area contributed by atoms with Gasteiger partial charge in [-0.2, -0.15) is 0 Å². The van der Waals surface area contributed by atoms with E-state index in [1.165, 1.54) is 5.69 Å². The molecule has 0 unspecified atom stereocenters. The zero-order valence-electron chi connectivity index (χ0n) is 15.3. The van der Waals surface area contributed by atoms with Gasteiger partial charge < -0.3 is 10.2 Å². The van der Waals surface area contributed by atoms with Gasteiger partial charge in [0.05, 0.1) is 6.26 Å². The molecule has 0 aliphatic carbocycles. The Balaban J connectivity index is 1.94. The Hall–Kier alpha value is -2.54. The van der Waals surface area contributed by atoms with Crippen molar-refractivity contribution < 1.29 is 13.2 Å². The molecular weight excluding hydrogens is 350 g/mol. The van der Waals surface area contributed by atoms with Crippen LogP contribution in [0.2, 0.25) is 0 Å². The van der Waals surface area contributed by atoms with Crippen LogP contribution in [0.5, 0.6) is 0 Å². The Morgan fingerprint density at radius 2 is 1.54 bits per heavy atom. The molecule has 2 N–H and O–H groups in total. The minimum absolute atomic E-state index is 0.205. The second-order valence-electron chi connectivity index (χ2n) is 5.97. The van der Waals surface area contributed by atoms with E-state index in [9.17, 15) is 13.2 Å². The van der Waals surface area contributed by atoms with E-state index in [1.54, 1.807) is 24.3 Å².